The predicted molar refractivity (Wildman–Crippen MR) is 103 cm³/mol. The number of likely N-dealkylation sites (N-methyl/N-ethyl adjacent to an activating group) is 1. The van der Waals surface area contributed by atoms with Gasteiger partial charge in [0.25, 0.3) is 5.91 Å². The molecule has 1 aliphatic rings. The molecule has 1 aliphatic heterocycles. The third-order valence-corrected chi connectivity index (χ3v) is 4.94. The zero-order valence-corrected chi connectivity index (χ0v) is 15.6. The molecule has 0 aromatic heterocycles. The topological polar surface area (TPSA) is 35.6 Å². The molecule has 0 spiro atoms. The van der Waals surface area contributed by atoms with E-state index >= 15 is 0 Å². The highest BCUT2D eigenvalue weighted by atomic mass is 35.5. The van der Waals surface area contributed by atoms with Gasteiger partial charge in [-0.3, -0.25) is 9.69 Å². The van der Waals surface area contributed by atoms with Crippen molar-refractivity contribution in [1.29, 1.82) is 0 Å². The fourth-order valence-electron chi connectivity index (χ4n) is 3.09. The van der Waals surface area contributed by atoms with Crippen molar-refractivity contribution in [1.82, 2.24) is 9.80 Å². The van der Waals surface area contributed by atoms with Crippen LogP contribution in [0.5, 0.6) is 0 Å². The van der Waals surface area contributed by atoms with Crippen LogP contribution in [0.25, 0.3) is 0 Å². The molecule has 1 saturated heterocycles. The summed E-state index contributed by atoms with van der Waals surface area (Å²) in [5.74, 6) is -1.09. The fraction of sp³-hybridized carbons (Fsp3) is 0.350. The molecule has 0 atom stereocenters. The van der Waals surface area contributed by atoms with E-state index in [0.29, 0.717) is 10.7 Å². The minimum atomic E-state index is -0.588. The van der Waals surface area contributed by atoms with Crippen LogP contribution in [0.15, 0.2) is 42.5 Å². The smallest absolute Gasteiger partial charge is 0.258 e. The Bertz CT molecular complexity index is 758. The second-order valence-electron chi connectivity index (χ2n) is 6.49. The number of carbonyl (C=O) groups is 1. The first kappa shape index (κ1) is 18.8. The molecule has 2 aromatic rings. The fourth-order valence-corrected chi connectivity index (χ4v) is 3.26. The van der Waals surface area contributed by atoms with Gasteiger partial charge in [0.05, 0.1) is 5.56 Å². The van der Waals surface area contributed by atoms with Crippen molar-refractivity contribution >= 4 is 23.2 Å². The minimum Gasteiger partial charge on any atom is -0.322 e. The van der Waals surface area contributed by atoms with Crippen LogP contribution in [0.4, 0.5) is 10.1 Å². The van der Waals surface area contributed by atoms with Crippen LogP contribution in [0.1, 0.15) is 22.8 Å². The Hall–Kier alpha value is -1.95. The molecule has 0 aliphatic carbocycles. The van der Waals surface area contributed by atoms with E-state index in [0.717, 1.165) is 39.3 Å². The van der Waals surface area contributed by atoms with Gasteiger partial charge in [0.2, 0.25) is 0 Å². The lowest BCUT2D eigenvalue weighted by Crippen LogP contribution is -2.45. The van der Waals surface area contributed by atoms with Gasteiger partial charge >= 0.3 is 0 Å². The molecule has 0 bridgehead atoms. The minimum absolute atomic E-state index is 0.0598. The number of anilines is 1. The summed E-state index contributed by atoms with van der Waals surface area (Å²) in [6.45, 7) is 8.55. The summed E-state index contributed by atoms with van der Waals surface area (Å²) in [6.07, 6.45) is 0. The van der Waals surface area contributed by atoms with Gasteiger partial charge in [-0.15, -0.1) is 0 Å². The Labute approximate surface area is 158 Å². The van der Waals surface area contributed by atoms with Crippen LogP contribution >= 0.6 is 11.6 Å². The Morgan fingerprint density at radius 2 is 1.73 bits per heavy atom. The largest absolute Gasteiger partial charge is 0.322 e. The van der Waals surface area contributed by atoms with E-state index in [1.807, 2.05) is 24.3 Å². The summed E-state index contributed by atoms with van der Waals surface area (Å²) in [4.78, 5) is 17.1. The maximum absolute atomic E-state index is 13.8. The number of benzene rings is 2. The Morgan fingerprint density at radius 3 is 2.38 bits per heavy atom. The van der Waals surface area contributed by atoms with E-state index in [1.54, 1.807) is 0 Å². The van der Waals surface area contributed by atoms with Crippen molar-refractivity contribution in [2.24, 2.45) is 0 Å². The third kappa shape index (κ3) is 4.81. The second-order valence-corrected chi connectivity index (χ2v) is 6.92. The molecule has 0 unspecified atom stereocenters. The van der Waals surface area contributed by atoms with Crippen LogP contribution in [-0.4, -0.2) is 48.4 Å². The molecule has 1 N–H and O–H groups in total. The molecule has 1 amide bonds. The molecule has 1 heterocycles. The van der Waals surface area contributed by atoms with Crippen LogP contribution in [0.3, 0.4) is 0 Å². The average molecular weight is 376 g/mol. The van der Waals surface area contributed by atoms with Crippen LogP contribution in [0, 0.1) is 5.82 Å². The highest BCUT2D eigenvalue weighted by Gasteiger charge is 2.16. The summed E-state index contributed by atoms with van der Waals surface area (Å²) in [6, 6.07) is 11.6. The maximum Gasteiger partial charge on any atom is 0.258 e. The van der Waals surface area contributed by atoms with Crippen molar-refractivity contribution in [2.75, 3.05) is 38.0 Å². The maximum atomic E-state index is 13.8. The molecule has 0 radical (unpaired) electrons. The van der Waals surface area contributed by atoms with Crippen LogP contribution in [-0.2, 0) is 6.54 Å². The van der Waals surface area contributed by atoms with Gasteiger partial charge in [-0.25, -0.2) is 4.39 Å². The lowest BCUT2D eigenvalue weighted by Gasteiger charge is -2.34. The number of carbonyl (C=O) groups excluding carboxylic acids is 1. The van der Waals surface area contributed by atoms with Crippen LogP contribution in [0.2, 0.25) is 5.02 Å². The number of hydrogen-bond donors (Lipinski definition) is 1. The number of nitrogens with zero attached hydrogens (tertiary/aromatic N) is 2. The Balaban J connectivity index is 1.57. The van der Waals surface area contributed by atoms with E-state index in [2.05, 4.69) is 22.0 Å². The molecule has 4 nitrogen and oxygen atoms in total. The molecular formula is C20H23ClFN3O. The quantitative estimate of drug-likeness (QED) is 0.861. The summed E-state index contributed by atoms with van der Waals surface area (Å²) < 4.78 is 13.8. The number of halogens is 2. The average Bonchev–Trinajstić information content (AvgIpc) is 2.66. The number of nitrogens with one attached hydrogen (secondary N) is 1. The second kappa shape index (κ2) is 8.62. The molecule has 1 fully saturated rings. The predicted octanol–water partition coefficient (Wildman–Crippen LogP) is 3.87. The van der Waals surface area contributed by atoms with E-state index in [4.69, 9.17) is 11.6 Å². The van der Waals surface area contributed by atoms with Gasteiger partial charge < -0.3 is 10.2 Å². The van der Waals surface area contributed by atoms with E-state index < -0.39 is 11.7 Å². The molecule has 0 saturated carbocycles. The Kier molecular flexibility index (Phi) is 6.25. The lowest BCUT2D eigenvalue weighted by atomic mass is 10.1. The highest BCUT2D eigenvalue weighted by molar-refractivity contribution is 6.31. The first-order valence-electron chi connectivity index (χ1n) is 8.85. The first-order chi connectivity index (χ1) is 12.5. The highest BCUT2D eigenvalue weighted by Crippen LogP contribution is 2.18. The summed E-state index contributed by atoms with van der Waals surface area (Å²) in [7, 11) is 0. The van der Waals surface area contributed by atoms with Crippen molar-refractivity contribution < 1.29 is 9.18 Å². The van der Waals surface area contributed by atoms with Gasteiger partial charge in [-0.2, -0.15) is 0 Å². The SMILES string of the molecule is CCN1CCN(Cc2ccc(NC(=O)c3cc(Cl)ccc3F)cc2)CC1. The van der Waals surface area contributed by atoms with E-state index in [-0.39, 0.29) is 5.56 Å². The summed E-state index contributed by atoms with van der Waals surface area (Å²) >= 11 is 5.84. The van der Waals surface area contributed by atoms with E-state index in [1.165, 1.54) is 23.8 Å². The standard InChI is InChI=1S/C20H23ClFN3O/c1-2-24-9-11-25(12-10-24)14-15-3-6-17(7-4-15)23-20(26)18-13-16(21)5-8-19(18)22/h3-8,13H,2,9-12,14H2,1H3,(H,23,26). The van der Waals surface area contributed by atoms with Crippen molar-refractivity contribution in [2.45, 2.75) is 13.5 Å². The van der Waals surface area contributed by atoms with Gasteiger partial charge in [0.1, 0.15) is 5.82 Å². The molecule has 6 heteroatoms. The summed E-state index contributed by atoms with van der Waals surface area (Å²) in [5.41, 5.74) is 1.77. The zero-order chi connectivity index (χ0) is 18.5. The lowest BCUT2D eigenvalue weighted by molar-refractivity contribution is 0.102. The van der Waals surface area contributed by atoms with Gasteiger partial charge in [0.15, 0.2) is 0 Å². The molecule has 26 heavy (non-hydrogen) atoms. The molecular weight excluding hydrogens is 353 g/mol. The normalized spacial score (nSPS) is 15.8. The van der Waals surface area contributed by atoms with Crippen molar-refractivity contribution in [3.8, 4) is 0 Å². The number of amides is 1. The zero-order valence-electron chi connectivity index (χ0n) is 14.8. The van der Waals surface area contributed by atoms with Gasteiger partial charge in [-0.05, 0) is 42.4 Å². The van der Waals surface area contributed by atoms with Crippen molar-refractivity contribution in [3.63, 3.8) is 0 Å². The Morgan fingerprint density at radius 1 is 1.08 bits per heavy atom. The summed E-state index contributed by atoms with van der Waals surface area (Å²) in [5, 5.41) is 3.04. The molecule has 3 rings (SSSR count). The first-order valence-corrected chi connectivity index (χ1v) is 9.23. The number of piperazine rings is 1. The number of rotatable bonds is 5. The van der Waals surface area contributed by atoms with E-state index in [9.17, 15) is 9.18 Å². The van der Waals surface area contributed by atoms with Crippen molar-refractivity contribution in [3.05, 3.63) is 64.4 Å². The molecule has 2 aromatic carbocycles. The van der Waals surface area contributed by atoms with Crippen LogP contribution < -0.4 is 5.32 Å². The number of hydrogen-bond acceptors (Lipinski definition) is 3. The van der Waals surface area contributed by atoms with Gasteiger partial charge in [0, 0.05) is 43.4 Å². The van der Waals surface area contributed by atoms with Gasteiger partial charge in [-0.1, -0.05) is 30.7 Å². The third-order valence-electron chi connectivity index (χ3n) is 4.70. The molecule has 138 valence electrons. The monoisotopic (exact) mass is 375 g/mol.